The molecule has 1 nitrogen and oxygen atoms in total. The minimum absolute atomic E-state index is 0.306. The van der Waals surface area contributed by atoms with E-state index in [0.29, 0.717) is 10.9 Å². The van der Waals surface area contributed by atoms with Crippen LogP contribution in [0.5, 0.6) is 0 Å². The van der Waals surface area contributed by atoms with Gasteiger partial charge in [-0.1, -0.05) is 44.0 Å². The molecule has 0 spiro atoms. The van der Waals surface area contributed by atoms with Crippen LogP contribution in [0.1, 0.15) is 22.8 Å². The van der Waals surface area contributed by atoms with Gasteiger partial charge in [-0.2, -0.15) is 0 Å². The lowest BCUT2D eigenvalue weighted by atomic mass is 10.0. The van der Waals surface area contributed by atoms with Crippen LogP contribution < -0.4 is 0 Å². The second-order valence-electron chi connectivity index (χ2n) is 4.52. The summed E-state index contributed by atoms with van der Waals surface area (Å²) in [5, 5.41) is 10.3. The zero-order chi connectivity index (χ0) is 14.0. The van der Waals surface area contributed by atoms with Crippen LogP contribution in [0.15, 0.2) is 45.3 Å². The summed E-state index contributed by atoms with van der Waals surface area (Å²) < 4.78 is 14.8. The average Bonchev–Trinajstić information content (AvgIpc) is 2.26. The first-order chi connectivity index (χ1) is 8.95. The number of hydrogen-bond donors (Lipinski definition) is 1. The number of halogens is 3. The van der Waals surface area contributed by atoms with Crippen molar-refractivity contribution in [2.24, 2.45) is 0 Å². The SMILES string of the molecule is Cc1ccc(C(O)Cc2cc(F)cc(Br)c2)c(Br)c1. The molecule has 19 heavy (non-hydrogen) atoms. The van der Waals surface area contributed by atoms with Gasteiger partial charge in [0, 0.05) is 15.4 Å². The van der Waals surface area contributed by atoms with Crippen molar-refractivity contribution in [1.82, 2.24) is 0 Å². The standard InChI is InChI=1S/C15H13Br2FO/c1-9-2-3-13(14(17)4-9)15(19)7-10-5-11(16)8-12(18)6-10/h2-6,8,15,19H,7H2,1H3. The number of aryl methyl sites for hydroxylation is 1. The highest BCUT2D eigenvalue weighted by Crippen LogP contribution is 2.28. The van der Waals surface area contributed by atoms with Gasteiger partial charge < -0.3 is 5.11 Å². The van der Waals surface area contributed by atoms with Gasteiger partial charge in [-0.05, 0) is 47.9 Å². The maximum atomic E-state index is 13.3. The molecule has 1 unspecified atom stereocenters. The predicted octanol–water partition coefficient (Wildman–Crippen LogP) is 4.94. The molecule has 1 N–H and O–H groups in total. The van der Waals surface area contributed by atoms with Crippen molar-refractivity contribution in [3.8, 4) is 0 Å². The van der Waals surface area contributed by atoms with Gasteiger partial charge >= 0.3 is 0 Å². The van der Waals surface area contributed by atoms with Gasteiger partial charge in [0.2, 0.25) is 0 Å². The highest BCUT2D eigenvalue weighted by atomic mass is 79.9. The molecule has 0 aliphatic rings. The van der Waals surface area contributed by atoms with Crippen molar-refractivity contribution in [3.05, 3.63) is 67.9 Å². The molecule has 0 bridgehead atoms. The van der Waals surface area contributed by atoms with E-state index in [2.05, 4.69) is 31.9 Å². The molecule has 2 aromatic rings. The molecular weight excluding hydrogens is 375 g/mol. The van der Waals surface area contributed by atoms with Crippen molar-refractivity contribution < 1.29 is 9.50 Å². The van der Waals surface area contributed by atoms with E-state index in [1.54, 1.807) is 0 Å². The minimum atomic E-state index is -0.663. The quantitative estimate of drug-likeness (QED) is 0.791. The second kappa shape index (κ2) is 6.16. The number of hydrogen-bond acceptors (Lipinski definition) is 1. The summed E-state index contributed by atoms with van der Waals surface area (Å²) in [4.78, 5) is 0. The molecule has 0 heterocycles. The molecule has 4 heteroatoms. The van der Waals surface area contributed by atoms with Crippen molar-refractivity contribution in [2.45, 2.75) is 19.4 Å². The summed E-state index contributed by atoms with van der Waals surface area (Å²) in [6.07, 6.45) is -0.290. The van der Waals surface area contributed by atoms with Gasteiger partial charge in [-0.25, -0.2) is 4.39 Å². The van der Waals surface area contributed by atoms with Crippen LogP contribution in [0.3, 0.4) is 0 Å². The third kappa shape index (κ3) is 3.88. The fourth-order valence-corrected chi connectivity index (χ4v) is 3.23. The molecule has 0 saturated heterocycles. The largest absolute Gasteiger partial charge is 0.388 e. The van der Waals surface area contributed by atoms with Gasteiger partial charge in [0.15, 0.2) is 0 Å². The molecule has 2 aromatic carbocycles. The molecule has 0 amide bonds. The van der Waals surface area contributed by atoms with E-state index in [9.17, 15) is 9.50 Å². The minimum Gasteiger partial charge on any atom is -0.388 e. The lowest BCUT2D eigenvalue weighted by molar-refractivity contribution is 0.177. The Kier molecular flexibility index (Phi) is 4.76. The van der Waals surface area contributed by atoms with Crippen LogP contribution in [-0.4, -0.2) is 5.11 Å². The summed E-state index contributed by atoms with van der Waals surface area (Å²) in [7, 11) is 0. The van der Waals surface area contributed by atoms with Gasteiger partial charge in [0.1, 0.15) is 5.82 Å². The summed E-state index contributed by atoms with van der Waals surface area (Å²) in [5.41, 5.74) is 2.69. The number of aliphatic hydroxyl groups is 1. The van der Waals surface area contributed by atoms with Crippen LogP contribution in [0.25, 0.3) is 0 Å². The van der Waals surface area contributed by atoms with Crippen LogP contribution in [0, 0.1) is 12.7 Å². The number of benzene rings is 2. The highest BCUT2D eigenvalue weighted by Gasteiger charge is 2.13. The first-order valence-electron chi connectivity index (χ1n) is 5.85. The highest BCUT2D eigenvalue weighted by molar-refractivity contribution is 9.10. The van der Waals surface area contributed by atoms with E-state index in [-0.39, 0.29) is 5.82 Å². The smallest absolute Gasteiger partial charge is 0.124 e. The Labute approximate surface area is 128 Å². The van der Waals surface area contributed by atoms with Crippen LogP contribution >= 0.6 is 31.9 Å². The fraction of sp³-hybridized carbons (Fsp3) is 0.200. The van der Waals surface area contributed by atoms with Crippen molar-refractivity contribution >= 4 is 31.9 Å². The molecule has 0 saturated carbocycles. The third-order valence-electron chi connectivity index (χ3n) is 2.87. The number of aliphatic hydroxyl groups excluding tert-OH is 1. The molecule has 0 aromatic heterocycles. The zero-order valence-corrected chi connectivity index (χ0v) is 13.5. The molecule has 0 radical (unpaired) electrons. The van der Waals surface area contributed by atoms with E-state index in [4.69, 9.17) is 0 Å². The van der Waals surface area contributed by atoms with Crippen LogP contribution in [0.2, 0.25) is 0 Å². The first-order valence-corrected chi connectivity index (χ1v) is 7.43. The van der Waals surface area contributed by atoms with Gasteiger partial charge in [-0.3, -0.25) is 0 Å². The second-order valence-corrected chi connectivity index (χ2v) is 6.29. The van der Waals surface area contributed by atoms with Crippen LogP contribution in [0.4, 0.5) is 4.39 Å². The fourth-order valence-electron chi connectivity index (χ4n) is 1.96. The maximum Gasteiger partial charge on any atom is 0.124 e. The third-order valence-corrected chi connectivity index (χ3v) is 4.01. The average molecular weight is 388 g/mol. The predicted molar refractivity (Wildman–Crippen MR) is 81.6 cm³/mol. The number of rotatable bonds is 3. The molecule has 0 fully saturated rings. The molecular formula is C15H13Br2FO. The Morgan fingerprint density at radius 2 is 1.89 bits per heavy atom. The zero-order valence-electron chi connectivity index (χ0n) is 10.3. The summed E-state index contributed by atoms with van der Waals surface area (Å²) in [6.45, 7) is 1.99. The maximum absolute atomic E-state index is 13.3. The molecule has 2 rings (SSSR count). The van der Waals surface area contributed by atoms with E-state index in [1.807, 2.05) is 31.2 Å². The van der Waals surface area contributed by atoms with E-state index < -0.39 is 6.10 Å². The monoisotopic (exact) mass is 386 g/mol. The molecule has 0 aliphatic carbocycles. The lowest BCUT2D eigenvalue weighted by Gasteiger charge is -2.14. The van der Waals surface area contributed by atoms with Crippen LogP contribution in [-0.2, 0) is 6.42 Å². The first kappa shape index (κ1) is 14.7. The molecule has 0 aliphatic heterocycles. The summed E-state index contributed by atoms with van der Waals surface area (Å²) >= 11 is 6.70. The molecule has 100 valence electrons. The normalized spacial score (nSPS) is 12.5. The topological polar surface area (TPSA) is 20.2 Å². The van der Waals surface area contributed by atoms with Crippen molar-refractivity contribution in [2.75, 3.05) is 0 Å². The van der Waals surface area contributed by atoms with E-state index in [1.165, 1.54) is 12.1 Å². The Bertz CT molecular complexity index is 578. The Hall–Kier alpha value is -0.710. The summed E-state index contributed by atoms with van der Waals surface area (Å²) in [6, 6.07) is 10.4. The Balaban J connectivity index is 2.22. The summed E-state index contributed by atoms with van der Waals surface area (Å²) in [5.74, 6) is -0.306. The Morgan fingerprint density at radius 1 is 1.16 bits per heavy atom. The Morgan fingerprint density at radius 3 is 2.53 bits per heavy atom. The van der Waals surface area contributed by atoms with E-state index >= 15 is 0 Å². The van der Waals surface area contributed by atoms with Gasteiger partial charge in [0.05, 0.1) is 6.10 Å². The van der Waals surface area contributed by atoms with Crippen molar-refractivity contribution in [1.29, 1.82) is 0 Å². The van der Waals surface area contributed by atoms with Gasteiger partial charge in [-0.15, -0.1) is 0 Å². The van der Waals surface area contributed by atoms with Gasteiger partial charge in [0.25, 0.3) is 0 Å². The van der Waals surface area contributed by atoms with E-state index in [0.717, 1.165) is 21.2 Å². The lowest BCUT2D eigenvalue weighted by Crippen LogP contribution is -2.03. The molecule has 1 atom stereocenters. The van der Waals surface area contributed by atoms with Crippen molar-refractivity contribution in [3.63, 3.8) is 0 Å².